The lowest BCUT2D eigenvalue weighted by Gasteiger charge is -2.35. The van der Waals surface area contributed by atoms with E-state index in [2.05, 4.69) is 22.0 Å². The molecule has 2 atom stereocenters. The molecule has 1 heterocycles. The van der Waals surface area contributed by atoms with Gasteiger partial charge in [0.1, 0.15) is 0 Å². The van der Waals surface area contributed by atoms with Gasteiger partial charge in [-0.3, -0.25) is 9.59 Å². The van der Waals surface area contributed by atoms with Gasteiger partial charge in [0, 0.05) is 37.6 Å². The SMILES string of the molecule is CCN1CCN(c2ccc(NC(=O)C3CC=CCC3C(=O)O)cc2)CC1. The van der Waals surface area contributed by atoms with Crippen LogP contribution in [0, 0.1) is 11.8 Å². The van der Waals surface area contributed by atoms with Crippen molar-refractivity contribution in [1.82, 2.24) is 4.90 Å². The maximum absolute atomic E-state index is 12.5. The molecule has 2 unspecified atom stereocenters. The highest BCUT2D eigenvalue weighted by Crippen LogP contribution is 2.28. The van der Waals surface area contributed by atoms with E-state index < -0.39 is 17.8 Å². The van der Waals surface area contributed by atoms with Crippen LogP contribution >= 0.6 is 0 Å². The fraction of sp³-hybridized carbons (Fsp3) is 0.500. The van der Waals surface area contributed by atoms with Crippen LogP contribution in [-0.4, -0.2) is 54.6 Å². The normalized spacial score (nSPS) is 23.7. The van der Waals surface area contributed by atoms with E-state index in [0.717, 1.165) is 38.4 Å². The van der Waals surface area contributed by atoms with Crippen LogP contribution in [-0.2, 0) is 9.59 Å². The summed E-state index contributed by atoms with van der Waals surface area (Å²) in [6, 6.07) is 7.83. The van der Waals surface area contributed by atoms with Crippen LogP contribution < -0.4 is 10.2 Å². The van der Waals surface area contributed by atoms with E-state index in [1.807, 2.05) is 36.4 Å². The molecule has 0 aromatic heterocycles. The number of hydrogen-bond donors (Lipinski definition) is 2. The van der Waals surface area contributed by atoms with Gasteiger partial charge in [0.25, 0.3) is 0 Å². The van der Waals surface area contributed by atoms with Crippen molar-refractivity contribution >= 4 is 23.3 Å². The maximum atomic E-state index is 12.5. The molecular formula is C20H27N3O3. The number of rotatable bonds is 5. The fourth-order valence-electron chi connectivity index (χ4n) is 3.69. The topological polar surface area (TPSA) is 72.9 Å². The molecule has 3 rings (SSSR count). The number of nitrogens with one attached hydrogen (secondary N) is 1. The van der Waals surface area contributed by atoms with Gasteiger partial charge in [-0.15, -0.1) is 0 Å². The summed E-state index contributed by atoms with van der Waals surface area (Å²) in [5.41, 5.74) is 1.87. The average Bonchev–Trinajstić information content (AvgIpc) is 2.68. The van der Waals surface area contributed by atoms with E-state index >= 15 is 0 Å². The van der Waals surface area contributed by atoms with Crippen molar-refractivity contribution in [2.45, 2.75) is 19.8 Å². The van der Waals surface area contributed by atoms with Gasteiger partial charge in [-0.2, -0.15) is 0 Å². The van der Waals surface area contributed by atoms with Crippen molar-refractivity contribution < 1.29 is 14.7 Å². The highest BCUT2D eigenvalue weighted by molar-refractivity contribution is 5.95. The number of likely N-dealkylation sites (N-methyl/N-ethyl adjacent to an activating group) is 1. The van der Waals surface area contributed by atoms with E-state index in [-0.39, 0.29) is 5.91 Å². The van der Waals surface area contributed by atoms with E-state index in [9.17, 15) is 14.7 Å². The van der Waals surface area contributed by atoms with E-state index in [1.165, 1.54) is 0 Å². The molecule has 1 fully saturated rings. The minimum absolute atomic E-state index is 0.217. The molecule has 2 aliphatic rings. The number of nitrogens with zero attached hydrogens (tertiary/aromatic N) is 2. The third kappa shape index (κ3) is 4.25. The van der Waals surface area contributed by atoms with Crippen LogP contribution in [0.25, 0.3) is 0 Å². The van der Waals surface area contributed by atoms with Crippen molar-refractivity contribution in [2.24, 2.45) is 11.8 Å². The molecule has 1 aromatic rings. The fourth-order valence-corrected chi connectivity index (χ4v) is 3.69. The van der Waals surface area contributed by atoms with Crippen LogP contribution in [0.4, 0.5) is 11.4 Å². The molecule has 1 aliphatic heterocycles. The lowest BCUT2D eigenvalue weighted by molar-refractivity contribution is -0.146. The Bertz CT molecular complexity index is 663. The van der Waals surface area contributed by atoms with Gasteiger partial charge in [0.05, 0.1) is 11.8 Å². The molecule has 2 N–H and O–H groups in total. The Kier molecular flexibility index (Phi) is 5.93. The monoisotopic (exact) mass is 357 g/mol. The quantitative estimate of drug-likeness (QED) is 0.792. The molecule has 140 valence electrons. The number of aliphatic carboxylic acids is 1. The summed E-state index contributed by atoms with van der Waals surface area (Å²) in [5, 5.41) is 12.2. The number of hydrogen-bond acceptors (Lipinski definition) is 4. The van der Waals surface area contributed by atoms with Gasteiger partial charge in [-0.25, -0.2) is 0 Å². The highest BCUT2D eigenvalue weighted by atomic mass is 16.4. The first-order valence-electron chi connectivity index (χ1n) is 9.34. The second-order valence-electron chi connectivity index (χ2n) is 6.95. The van der Waals surface area contributed by atoms with Gasteiger partial charge in [0.15, 0.2) is 0 Å². The van der Waals surface area contributed by atoms with E-state index in [4.69, 9.17) is 0 Å². The molecule has 0 saturated carbocycles. The molecule has 1 saturated heterocycles. The summed E-state index contributed by atoms with van der Waals surface area (Å²) in [4.78, 5) is 28.7. The second kappa shape index (κ2) is 8.36. The molecule has 0 bridgehead atoms. The van der Waals surface area contributed by atoms with Gasteiger partial charge < -0.3 is 20.2 Å². The van der Waals surface area contributed by atoms with Crippen LogP contribution in [0.2, 0.25) is 0 Å². The van der Waals surface area contributed by atoms with Gasteiger partial charge in [0.2, 0.25) is 5.91 Å². The molecule has 6 heteroatoms. The van der Waals surface area contributed by atoms with Crippen LogP contribution in [0.15, 0.2) is 36.4 Å². The number of carbonyl (C=O) groups excluding carboxylic acids is 1. The minimum atomic E-state index is -0.906. The van der Waals surface area contributed by atoms with Crippen molar-refractivity contribution in [2.75, 3.05) is 42.9 Å². The predicted molar refractivity (Wildman–Crippen MR) is 102 cm³/mol. The Balaban J connectivity index is 1.59. The Morgan fingerprint density at radius 1 is 1.04 bits per heavy atom. The first kappa shape index (κ1) is 18.5. The Labute approximate surface area is 154 Å². The highest BCUT2D eigenvalue weighted by Gasteiger charge is 2.33. The molecule has 1 aromatic carbocycles. The number of carboxylic acids is 1. The van der Waals surface area contributed by atoms with Gasteiger partial charge in [-0.1, -0.05) is 19.1 Å². The zero-order chi connectivity index (χ0) is 18.5. The first-order valence-corrected chi connectivity index (χ1v) is 9.34. The zero-order valence-corrected chi connectivity index (χ0v) is 15.2. The second-order valence-corrected chi connectivity index (χ2v) is 6.95. The summed E-state index contributed by atoms with van der Waals surface area (Å²) in [6.45, 7) is 7.43. The summed E-state index contributed by atoms with van der Waals surface area (Å²) < 4.78 is 0. The smallest absolute Gasteiger partial charge is 0.307 e. The molecule has 1 aliphatic carbocycles. The summed E-state index contributed by atoms with van der Waals surface area (Å²) in [5.74, 6) is -2.28. The maximum Gasteiger partial charge on any atom is 0.307 e. The summed E-state index contributed by atoms with van der Waals surface area (Å²) in [7, 11) is 0. The Morgan fingerprint density at radius 3 is 2.23 bits per heavy atom. The van der Waals surface area contributed by atoms with Crippen molar-refractivity contribution in [3.63, 3.8) is 0 Å². The third-order valence-electron chi connectivity index (χ3n) is 5.41. The number of carboxylic acid groups (broad SMARTS) is 1. The predicted octanol–water partition coefficient (Wildman–Crippen LogP) is 2.43. The van der Waals surface area contributed by atoms with Crippen LogP contribution in [0.1, 0.15) is 19.8 Å². The lowest BCUT2D eigenvalue weighted by atomic mass is 9.82. The van der Waals surface area contributed by atoms with E-state index in [1.54, 1.807) is 0 Å². The number of anilines is 2. The molecule has 1 amide bonds. The van der Waals surface area contributed by atoms with Crippen LogP contribution in [0.5, 0.6) is 0 Å². The third-order valence-corrected chi connectivity index (χ3v) is 5.41. The average molecular weight is 357 g/mol. The Hall–Kier alpha value is -2.34. The van der Waals surface area contributed by atoms with Gasteiger partial charge >= 0.3 is 5.97 Å². The molecule has 26 heavy (non-hydrogen) atoms. The molecule has 6 nitrogen and oxygen atoms in total. The molecular weight excluding hydrogens is 330 g/mol. The van der Waals surface area contributed by atoms with Crippen molar-refractivity contribution in [3.8, 4) is 0 Å². The zero-order valence-electron chi connectivity index (χ0n) is 15.2. The van der Waals surface area contributed by atoms with E-state index in [0.29, 0.717) is 18.5 Å². The molecule has 0 spiro atoms. The number of allylic oxidation sites excluding steroid dienone is 2. The molecule has 0 radical (unpaired) electrons. The summed E-state index contributed by atoms with van der Waals surface area (Å²) >= 11 is 0. The first-order chi connectivity index (χ1) is 12.6. The number of benzene rings is 1. The van der Waals surface area contributed by atoms with Gasteiger partial charge in [-0.05, 0) is 43.7 Å². The minimum Gasteiger partial charge on any atom is -0.481 e. The standard InChI is InChI=1S/C20H27N3O3/c1-2-22-11-13-23(14-12-22)16-9-7-15(8-10-16)21-19(24)17-5-3-4-6-18(17)20(25)26/h3-4,7-10,17-18H,2,5-6,11-14H2,1H3,(H,21,24)(H,25,26). The summed E-state index contributed by atoms with van der Waals surface area (Å²) in [6.07, 6.45) is 4.62. The number of carbonyl (C=O) groups is 2. The lowest BCUT2D eigenvalue weighted by Crippen LogP contribution is -2.46. The van der Waals surface area contributed by atoms with Crippen molar-refractivity contribution in [1.29, 1.82) is 0 Å². The Morgan fingerprint density at radius 2 is 1.65 bits per heavy atom. The number of piperazine rings is 1. The number of amides is 1. The van der Waals surface area contributed by atoms with Crippen LogP contribution in [0.3, 0.4) is 0 Å². The largest absolute Gasteiger partial charge is 0.481 e. The van der Waals surface area contributed by atoms with Crippen molar-refractivity contribution in [3.05, 3.63) is 36.4 Å².